The van der Waals surface area contributed by atoms with Crippen LogP contribution in [0.25, 0.3) is 0 Å². The number of nitrogens with one attached hydrogen (secondary N) is 2. The lowest BCUT2D eigenvalue weighted by Crippen LogP contribution is -2.56. The van der Waals surface area contributed by atoms with Crippen molar-refractivity contribution < 1.29 is 22.8 Å². The summed E-state index contributed by atoms with van der Waals surface area (Å²) in [4.78, 5) is 27.2. The van der Waals surface area contributed by atoms with Crippen LogP contribution < -0.4 is 10.6 Å². The van der Waals surface area contributed by atoms with Crippen molar-refractivity contribution >= 4 is 17.6 Å². The molecule has 30 heavy (non-hydrogen) atoms. The average Bonchev–Trinajstić information content (AvgIpc) is 2.65. The summed E-state index contributed by atoms with van der Waals surface area (Å²) in [6.07, 6.45) is -4.19. The number of alkyl halides is 3. The highest BCUT2D eigenvalue weighted by atomic mass is 19.4. The topological polar surface area (TPSA) is 61.4 Å². The normalized spacial score (nSPS) is 16.6. The number of hydrogen-bond acceptors (Lipinski definition) is 2. The van der Waals surface area contributed by atoms with E-state index in [4.69, 9.17) is 0 Å². The van der Waals surface area contributed by atoms with E-state index in [9.17, 15) is 22.8 Å². The van der Waals surface area contributed by atoms with Gasteiger partial charge in [0, 0.05) is 24.2 Å². The second-order valence-corrected chi connectivity index (χ2v) is 8.36. The van der Waals surface area contributed by atoms with Gasteiger partial charge in [-0.05, 0) is 50.1 Å². The van der Waals surface area contributed by atoms with Crippen LogP contribution >= 0.6 is 0 Å². The first kappa shape index (κ1) is 21.7. The standard InChI is InChI=1S/C22H24F3N3O2/c1-21(2,3)27-19(29)18-11-14-7-4-5-8-15(14)13-28(18)20(30)26-17-10-6-9-16(12-17)22(23,24)25/h4-10,12,18H,11,13H2,1-3H3,(H,26,30)(H,27,29). The molecule has 160 valence electrons. The van der Waals surface area contributed by atoms with Crippen molar-refractivity contribution in [2.75, 3.05) is 5.32 Å². The third-order valence-electron chi connectivity index (χ3n) is 4.75. The van der Waals surface area contributed by atoms with Gasteiger partial charge in [0.05, 0.1) is 5.56 Å². The Balaban J connectivity index is 1.86. The third kappa shape index (κ3) is 5.11. The number of carbonyl (C=O) groups is 2. The van der Waals surface area contributed by atoms with Gasteiger partial charge in [-0.2, -0.15) is 13.2 Å². The van der Waals surface area contributed by atoms with Crippen molar-refractivity contribution in [1.29, 1.82) is 0 Å². The van der Waals surface area contributed by atoms with Crippen molar-refractivity contribution in [2.45, 2.75) is 51.5 Å². The zero-order chi connectivity index (χ0) is 22.1. The number of carbonyl (C=O) groups excluding carboxylic acids is 2. The summed E-state index contributed by atoms with van der Waals surface area (Å²) in [5.74, 6) is -0.309. The highest BCUT2D eigenvalue weighted by molar-refractivity contribution is 5.94. The maximum Gasteiger partial charge on any atom is 0.416 e. The molecule has 2 aromatic rings. The predicted octanol–water partition coefficient (Wildman–Crippen LogP) is 4.58. The minimum absolute atomic E-state index is 0.0173. The quantitative estimate of drug-likeness (QED) is 0.749. The fourth-order valence-electron chi connectivity index (χ4n) is 3.39. The van der Waals surface area contributed by atoms with E-state index < -0.39 is 29.4 Å². The lowest BCUT2D eigenvalue weighted by Gasteiger charge is -2.37. The molecule has 3 amide bonds. The molecule has 2 N–H and O–H groups in total. The van der Waals surface area contributed by atoms with Crippen LogP contribution in [-0.2, 0) is 23.9 Å². The van der Waals surface area contributed by atoms with Crippen molar-refractivity contribution in [1.82, 2.24) is 10.2 Å². The van der Waals surface area contributed by atoms with E-state index in [1.54, 1.807) is 0 Å². The molecule has 1 unspecified atom stereocenters. The van der Waals surface area contributed by atoms with Crippen LogP contribution in [0.2, 0.25) is 0 Å². The molecule has 0 bridgehead atoms. The first-order valence-corrected chi connectivity index (χ1v) is 9.58. The highest BCUT2D eigenvalue weighted by Gasteiger charge is 2.36. The minimum Gasteiger partial charge on any atom is -0.350 e. The fraction of sp³-hybridized carbons (Fsp3) is 0.364. The Kier molecular flexibility index (Phi) is 5.78. The number of urea groups is 1. The summed E-state index contributed by atoms with van der Waals surface area (Å²) in [7, 11) is 0. The molecule has 0 saturated carbocycles. The Bertz CT molecular complexity index is 951. The molecule has 8 heteroatoms. The van der Waals surface area contributed by atoms with E-state index in [-0.39, 0.29) is 18.1 Å². The second kappa shape index (κ2) is 8.01. The van der Waals surface area contributed by atoms with E-state index in [2.05, 4.69) is 10.6 Å². The average molecular weight is 419 g/mol. The molecule has 0 aromatic heterocycles. The van der Waals surface area contributed by atoms with Gasteiger partial charge in [-0.1, -0.05) is 30.3 Å². The van der Waals surface area contributed by atoms with Crippen molar-refractivity contribution in [3.8, 4) is 0 Å². The molecular formula is C22H24F3N3O2. The van der Waals surface area contributed by atoms with Gasteiger partial charge in [0.1, 0.15) is 6.04 Å². The number of amides is 3. The Labute approximate surface area is 173 Å². The third-order valence-corrected chi connectivity index (χ3v) is 4.75. The number of halogens is 3. The molecule has 1 heterocycles. The predicted molar refractivity (Wildman–Crippen MR) is 108 cm³/mol. The summed E-state index contributed by atoms with van der Waals surface area (Å²) < 4.78 is 38.9. The van der Waals surface area contributed by atoms with Gasteiger partial charge in [-0.25, -0.2) is 4.79 Å². The molecule has 0 spiro atoms. The molecule has 0 radical (unpaired) electrons. The van der Waals surface area contributed by atoms with Crippen molar-refractivity contribution in [3.05, 3.63) is 65.2 Å². The Morgan fingerprint density at radius 2 is 1.67 bits per heavy atom. The smallest absolute Gasteiger partial charge is 0.350 e. The maximum absolute atomic E-state index is 13.0. The van der Waals surface area contributed by atoms with Gasteiger partial charge in [-0.15, -0.1) is 0 Å². The summed E-state index contributed by atoms with van der Waals surface area (Å²) in [5, 5.41) is 5.40. The van der Waals surface area contributed by atoms with Crippen LogP contribution in [0.15, 0.2) is 48.5 Å². The number of anilines is 1. The molecule has 0 saturated heterocycles. The van der Waals surface area contributed by atoms with Gasteiger partial charge < -0.3 is 15.5 Å². The van der Waals surface area contributed by atoms with Crippen LogP contribution in [-0.4, -0.2) is 28.4 Å². The molecule has 0 fully saturated rings. The van der Waals surface area contributed by atoms with Gasteiger partial charge in [0.2, 0.25) is 5.91 Å². The Morgan fingerprint density at radius 3 is 2.30 bits per heavy atom. The first-order valence-electron chi connectivity index (χ1n) is 9.58. The molecule has 1 aliphatic rings. The monoisotopic (exact) mass is 419 g/mol. The van der Waals surface area contributed by atoms with Gasteiger partial charge in [0.25, 0.3) is 0 Å². The molecule has 5 nitrogen and oxygen atoms in total. The maximum atomic E-state index is 13.0. The van der Waals surface area contributed by atoms with Crippen molar-refractivity contribution in [3.63, 3.8) is 0 Å². The van der Waals surface area contributed by atoms with Crippen LogP contribution in [0.3, 0.4) is 0 Å². The van der Waals surface area contributed by atoms with E-state index in [0.29, 0.717) is 6.42 Å². The van der Waals surface area contributed by atoms with E-state index in [0.717, 1.165) is 23.3 Å². The number of rotatable bonds is 2. The fourth-order valence-corrected chi connectivity index (χ4v) is 3.39. The van der Waals surface area contributed by atoms with Crippen LogP contribution in [0.1, 0.15) is 37.5 Å². The second-order valence-electron chi connectivity index (χ2n) is 8.36. The number of benzene rings is 2. The first-order chi connectivity index (χ1) is 13.9. The van der Waals surface area contributed by atoms with Crippen molar-refractivity contribution in [2.24, 2.45) is 0 Å². The van der Waals surface area contributed by atoms with Crippen LogP contribution in [0.4, 0.5) is 23.7 Å². The zero-order valence-electron chi connectivity index (χ0n) is 17.0. The number of hydrogen-bond donors (Lipinski definition) is 2. The summed E-state index contributed by atoms with van der Waals surface area (Å²) in [6.45, 7) is 5.71. The highest BCUT2D eigenvalue weighted by Crippen LogP contribution is 2.31. The molecule has 2 aromatic carbocycles. The Hall–Kier alpha value is -3.03. The van der Waals surface area contributed by atoms with Gasteiger partial charge in [-0.3, -0.25) is 4.79 Å². The summed E-state index contributed by atoms with van der Waals surface area (Å²) in [6, 6.07) is 10.5. The van der Waals surface area contributed by atoms with Crippen LogP contribution in [0, 0.1) is 0 Å². The van der Waals surface area contributed by atoms with Gasteiger partial charge >= 0.3 is 12.2 Å². The van der Waals surface area contributed by atoms with E-state index in [1.807, 2.05) is 45.0 Å². The van der Waals surface area contributed by atoms with Gasteiger partial charge in [0.15, 0.2) is 0 Å². The lowest BCUT2D eigenvalue weighted by atomic mass is 9.93. The molecule has 0 aliphatic carbocycles. The molecule has 1 atom stereocenters. The number of nitrogens with zero attached hydrogens (tertiary/aromatic N) is 1. The molecule has 3 rings (SSSR count). The largest absolute Gasteiger partial charge is 0.416 e. The van der Waals surface area contributed by atoms with E-state index in [1.165, 1.54) is 17.0 Å². The number of fused-ring (bicyclic) bond motifs is 1. The zero-order valence-corrected chi connectivity index (χ0v) is 17.0. The molecule has 1 aliphatic heterocycles. The minimum atomic E-state index is -4.51. The lowest BCUT2D eigenvalue weighted by molar-refractivity contribution is -0.137. The van der Waals surface area contributed by atoms with Crippen LogP contribution in [0.5, 0.6) is 0 Å². The summed E-state index contributed by atoms with van der Waals surface area (Å²) in [5.41, 5.74) is 0.540. The molecular weight excluding hydrogens is 395 g/mol. The van der Waals surface area contributed by atoms with E-state index >= 15 is 0 Å². The summed E-state index contributed by atoms with van der Waals surface area (Å²) >= 11 is 0. The SMILES string of the molecule is CC(C)(C)NC(=O)C1Cc2ccccc2CN1C(=O)Nc1cccc(C(F)(F)F)c1. The Morgan fingerprint density at radius 1 is 1.00 bits per heavy atom.